The van der Waals surface area contributed by atoms with Crippen LogP contribution in [0.25, 0.3) is 5.70 Å². The standard InChI is InChI=1S/C18H29F2N7/c1-6-13-9-27(10-13)12(3)25-18-14(7-23-26(18)5)11(2)24-15(8-22-4)16(21)17(19)20/h7-8,13,16-17,22,24H,2,6,9-10,21H2,1,3-5H3/b15-8+,25-12?. The molecule has 0 aliphatic carbocycles. The summed E-state index contributed by atoms with van der Waals surface area (Å²) in [5.74, 6) is 2.22. The molecule has 1 fully saturated rings. The number of nitrogens with one attached hydrogen (secondary N) is 2. The summed E-state index contributed by atoms with van der Waals surface area (Å²) in [6.45, 7) is 10.1. The number of likely N-dealkylation sites (tertiary alicyclic amines) is 1. The van der Waals surface area contributed by atoms with Gasteiger partial charge < -0.3 is 21.3 Å². The first-order valence-electron chi connectivity index (χ1n) is 8.98. The minimum atomic E-state index is -2.70. The number of rotatable bonds is 8. The van der Waals surface area contributed by atoms with Crippen LogP contribution in [0, 0.1) is 5.92 Å². The van der Waals surface area contributed by atoms with Gasteiger partial charge in [0.25, 0.3) is 6.43 Å². The monoisotopic (exact) mass is 381 g/mol. The Kier molecular flexibility index (Phi) is 6.95. The topological polar surface area (TPSA) is 83.5 Å². The maximum atomic E-state index is 13.0. The van der Waals surface area contributed by atoms with E-state index in [9.17, 15) is 8.78 Å². The van der Waals surface area contributed by atoms with Gasteiger partial charge in [-0.1, -0.05) is 13.5 Å². The van der Waals surface area contributed by atoms with E-state index in [0.29, 0.717) is 23.0 Å². The van der Waals surface area contributed by atoms with E-state index in [1.807, 2.05) is 6.92 Å². The van der Waals surface area contributed by atoms with E-state index in [1.54, 1.807) is 25.0 Å². The van der Waals surface area contributed by atoms with Crippen molar-refractivity contribution in [3.05, 3.63) is 30.2 Å². The lowest BCUT2D eigenvalue weighted by molar-refractivity contribution is 0.127. The first kappa shape index (κ1) is 20.9. The van der Waals surface area contributed by atoms with Gasteiger partial charge in [0.05, 0.1) is 17.5 Å². The molecule has 2 rings (SSSR count). The molecule has 1 unspecified atom stereocenters. The summed E-state index contributed by atoms with van der Waals surface area (Å²) in [6.07, 6.45) is 1.47. The second-order valence-corrected chi connectivity index (χ2v) is 6.70. The predicted molar refractivity (Wildman–Crippen MR) is 105 cm³/mol. The van der Waals surface area contributed by atoms with Gasteiger partial charge in [-0.25, -0.2) is 13.8 Å². The molecule has 1 atom stereocenters. The minimum Gasteiger partial charge on any atom is -0.393 e. The largest absolute Gasteiger partial charge is 0.393 e. The maximum absolute atomic E-state index is 13.0. The van der Waals surface area contributed by atoms with Gasteiger partial charge in [0.15, 0.2) is 5.82 Å². The van der Waals surface area contributed by atoms with Gasteiger partial charge in [-0.15, -0.1) is 0 Å². The van der Waals surface area contributed by atoms with Crippen LogP contribution in [0.15, 0.2) is 29.7 Å². The lowest BCUT2D eigenvalue weighted by Crippen LogP contribution is -2.48. The highest BCUT2D eigenvalue weighted by Gasteiger charge is 2.26. The first-order valence-corrected chi connectivity index (χ1v) is 8.98. The van der Waals surface area contributed by atoms with Crippen molar-refractivity contribution in [3.8, 4) is 0 Å². The molecule has 0 spiro atoms. The Morgan fingerprint density at radius 2 is 2.19 bits per heavy atom. The van der Waals surface area contributed by atoms with Crippen molar-refractivity contribution in [1.29, 1.82) is 0 Å². The number of aliphatic imine (C=N–C) groups is 1. The zero-order chi connectivity index (χ0) is 20.1. The molecule has 1 saturated heterocycles. The summed E-state index contributed by atoms with van der Waals surface area (Å²) in [6, 6.07) is -1.45. The molecule has 27 heavy (non-hydrogen) atoms. The van der Waals surface area contributed by atoms with Crippen molar-refractivity contribution < 1.29 is 8.78 Å². The van der Waals surface area contributed by atoms with Crippen LogP contribution in [0.4, 0.5) is 14.6 Å². The average molecular weight is 381 g/mol. The van der Waals surface area contributed by atoms with Gasteiger partial charge in [0.1, 0.15) is 11.9 Å². The third-order valence-electron chi connectivity index (χ3n) is 4.72. The highest BCUT2D eigenvalue weighted by Crippen LogP contribution is 2.27. The Morgan fingerprint density at radius 3 is 2.74 bits per heavy atom. The molecule has 7 nitrogen and oxygen atoms in total. The zero-order valence-electron chi connectivity index (χ0n) is 16.3. The smallest absolute Gasteiger partial charge is 0.259 e. The number of nitrogens with two attached hydrogens (primary N) is 1. The summed E-state index contributed by atoms with van der Waals surface area (Å²) in [7, 11) is 3.39. The summed E-state index contributed by atoms with van der Waals surface area (Å²) in [5, 5.41) is 9.83. The molecule has 9 heteroatoms. The SMILES string of the molecule is C=C(N/C(=C/NC)C(N)C(F)F)c1cnn(C)c1N=C(C)N1CC(CC)C1. The quantitative estimate of drug-likeness (QED) is 0.474. The van der Waals surface area contributed by atoms with Crippen LogP contribution in [0.5, 0.6) is 0 Å². The third kappa shape index (κ3) is 4.85. The van der Waals surface area contributed by atoms with E-state index >= 15 is 0 Å². The van der Waals surface area contributed by atoms with E-state index in [1.165, 1.54) is 6.20 Å². The van der Waals surface area contributed by atoms with Crippen LogP contribution in [-0.4, -0.2) is 53.1 Å². The Balaban J connectivity index is 2.19. The van der Waals surface area contributed by atoms with E-state index in [4.69, 9.17) is 10.7 Å². The van der Waals surface area contributed by atoms with Crippen molar-refractivity contribution in [2.75, 3.05) is 20.1 Å². The molecule has 1 aliphatic rings. The Hall–Kier alpha value is -2.42. The van der Waals surface area contributed by atoms with E-state index in [2.05, 4.69) is 34.1 Å². The van der Waals surface area contributed by atoms with Crippen molar-refractivity contribution in [2.24, 2.45) is 23.7 Å². The van der Waals surface area contributed by atoms with Crippen LogP contribution in [0.1, 0.15) is 25.8 Å². The second-order valence-electron chi connectivity index (χ2n) is 6.70. The van der Waals surface area contributed by atoms with Gasteiger partial charge >= 0.3 is 0 Å². The lowest BCUT2D eigenvalue weighted by Gasteiger charge is -2.40. The molecule has 1 aromatic heterocycles. The molecule has 4 N–H and O–H groups in total. The fourth-order valence-corrected chi connectivity index (χ4v) is 2.84. The lowest BCUT2D eigenvalue weighted by atomic mass is 9.97. The minimum absolute atomic E-state index is 0.140. The van der Waals surface area contributed by atoms with Crippen LogP contribution in [0.2, 0.25) is 0 Å². The van der Waals surface area contributed by atoms with E-state index < -0.39 is 12.5 Å². The molecule has 0 radical (unpaired) electrons. The molecular formula is C18H29F2N7. The van der Waals surface area contributed by atoms with Crippen molar-refractivity contribution in [2.45, 2.75) is 32.7 Å². The summed E-state index contributed by atoms with van der Waals surface area (Å²) < 4.78 is 27.6. The van der Waals surface area contributed by atoms with Crippen LogP contribution >= 0.6 is 0 Å². The molecule has 150 valence electrons. The van der Waals surface area contributed by atoms with Crippen LogP contribution in [0.3, 0.4) is 0 Å². The average Bonchev–Trinajstić information content (AvgIpc) is 2.93. The molecule has 1 aliphatic heterocycles. The van der Waals surface area contributed by atoms with Crippen molar-refractivity contribution in [1.82, 2.24) is 25.3 Å². The second kappa shape index (κ2) is 8.98. The van der Waals surface area contributed by atoms with Gasteiger partial charge in [0, 0.05) is 39.1 Å². The molecular weight excluding hydrogens is 352 g/mol. The van der Waals surface area contributed by atoms with Gasteiger partial charge in [0.2, 0.25) is 0 Å². The Bertz CT molecular complexity index is 717. The number of hydrogen-bond donors (Lipinski definition) is 3. The number of hydrogen-bond acceptors (Lipinski definition) is 5. The van der Waals surface area contributed by atoms with Crippen LogP contribution < -0.4 is 16.4 Å². The first-order chi connectivity index (χ1) is 12.8. The normalized spacial score (nSPS) is 17.1. The third-order valence-corrected chi connectivity index (χ3v) is 4.72. The summed E-state index contributed by atoms with van der Waals surface area (Å²) >= 11 is 0. The fraction of sp³-hybridized carbons (Fsp3) is 0.556. The van der Waals surface area contributed by atoms with E-state index in [-0.39, 0.29) is 5.70 Å². The number of aryl methyl sites for hydroxylation is 1. The molecule has 1 aromatic rings. The summed E-state index contributed by atoms with van der Waals surface area (Å²) in [4.78, 5) is 6.90. The number of alkyl halides is 2. The Labute approximate surface area is 159 Å². The molecule has 0 saturated carbocycles. The highest BCUT2D eigenvalue weighted by molar-refractivity contribution is 5.85. The zero-order valence-corrected chi connectivity index (χ0v) is 16.3. The van der Waals surface area contributed by atoms with Crippen molar-refractivity contribution >= 4 is 17.4 Å². The van der Waals surface area contributed by atoms with E-state index in [0.717, 1.165) is 25.3 Å². The van der Waals surface area contributed by atoms with Crippen LogP contribution in [-0.2, 0) is 7.05 Å². The molecule has 2 heterocycles. The van der Waals surface area contributed by atoms with Crippen molar-refractivity contribution in [3.63, 3.8) is 0 Å². The Morgan fingerprint density at radius 1 is 1.52 bits per heavy atom. The summed E-state index contributed by atoms with van der Waals surface area (Å²) in [5.41, 5.74) is 6.75. The number of nitrogens with zero attached hydrogens (tertiary/aromatic N) is 4. The number of aromatic nitrogens is 2. The maximum Gasteiger partial charge on any atom is 0.259 e. The fourth-order valence-electron chi connectivity index (χ4n) is 2.84. The highest BCUT2D eigenvalue weighted by atomic mass is 19.3. The number of halogens is 2. The molecule has 0 aromatic carbocycles. The number of amidine groups is 1. The van der Waals surface area contributed by atoms with Gasteiger partial charge in [-0.2, -0.15) is 5.10 Å². The predicted octanol–water partition coefficient (Wildman–Crippen LogP) is 2.03. The molecule has 0 bridgehead atoms. The van der Waals surface area contributed by atoms with Gasteiger partial charge in [-0.3, -0.25) is 4.68 Å². The molecule has 0 amide bonds. The van der Waals surface area contributed by atoms with Gasteiger partial charge in [-0.05, 0) is 19.3 Å².